The zero-order valence-electron chi connectivity index (χ0n) is 21.0. The number of imidazole rings is 1. The number of carbonyl (C=O) groups is 1. The zero-order valence-corrected chi connectivity index (χ0v) is 21.8. The molecule has 38 heavy (non-hydrogen) atoms. The van der Waals surface area contributed by atoms with Crippen LogP contribution in [0.4, 0.5) is 18.9 Å². The van der Waals surface area contributed by atoms with Gasteiger partial charge >= 0.3 is 6.18 Å². The van der Waals surface area contributed by atoms with Crippen molar-refractivity contribution in [1.29, 1.82) is 0 Å². The number of fused-ring (bicyclic) bond motifs is 1. The van der Waals surface area contributed by atoms with Gasteiger partial charge in [0.1, 0.15) is 11.5 Å². The quantitative estimate of drug-likeness (QED) is 0.216. The van der Waals surface area contributed by atoms with E-state index in [0.717, 1.165) is 24.0 Å². The third-order valence-corrected chi connectivity index (χ3v) is 7.08. The van der Waals surface area contributed by atoms with E-state index < -0.39 is 12.6 Å². The van der Waals surface area contributed by atoms with E-state index in [-0.39, 0.29) is 17.7 Å². The van der Waals surface area contributed by atoms with Crippen molar-refractivity contribution in [2.75, 3.05) is 11.9 Å². The highest BCUT2D eigenvalue weighted by molar-refractivity contribution is 6.30. The number of nitrogens with zero attached hydrogens (tertiary/aromatic N) is 2. The Morgan fingerprint density at radius 3 is 2.63 bits per heavy atom. The van der Waals surface area contributed by atoms with E-state index in [1.165, 1.54) is 0 Å². The van der Waals surface area contributed by atoms with Crippen molar-refractivity contribution in [2.45, 2.75) is 45.7 Å². The maximum Gasteiger partial charge on any atom is 0.390 e. The molecule has 1 N–H and O–H groups in total. The summed E-state index contributed by atoms with van der Waals surface area (Å²) >= 11 is 6.09. The van der Waals surface area contributed by atoms with E-state index >= 15 is 0 Å². The SMILES string of the molecule is Cc1cc(-c2cnc3c(NCCC(F)(F)F)cc(Oc4cccc(Cl)c4)cn23)ccc1C(=O)CC1(C)CC1. The molecule has 0 aliphatic heterocycles. The summed E-state index contributed by atoms with van der Waals surface area (Å²) in [5, 5.41) is 3.35. The van der Waals surface area contributed by atoms with Gasteiger partial charge in [0.25, 0.3) is 0 Å². The number of halogens is 4. The Morgan fingerprint density at radius 2 is 1.95 bits per heavy atom. The predicted molar refractivity (Wildman–Crippen MR) is 142 cm³/mol. The smallest absolute Gasteiger partial charge is 0.390 e. The Morgan fingerprint density at radius 1 is 1.16 bits per heavy atom. The minimum Gasteiger partial charge on any atom is -0.456 e. The Kier molecular flexibility index (Phi) is 6.86. The maximum absolute atomic E-state index is 12.9. The summed E-state index contributed by atoms with van der Waals surface area (Å²) in [5.74, 6) is 1.03. The number of aryl methyl sites for hydroxylation is 1. The molecule has 2 aromatic carbocycles. The van der Waals surface area contributed by atoms with Crippen molar-refractivity contribution in [3.05, 3.63) is 77.1 Å². The highest BCUT2D eigenvalue weighted by Gasteiger charge is 2.39. The van der Waals surface area contributed by atoms with Gasteiger partial charge in [-0.1, -0.05) is 36.7 Å². The van der Waals surface area contributed by atoms with Gasteiger partial charge in [0.05, 0.1) is 30.2 Å². The van der Waals surface area contributed by atoms with Crippen molar-refractivity contribution >= 4 is 28.7 Å². The minimum atomic E-state index is -4.29. The molecule has 0 amide bonds. The van der Waals surface area contributed by atoms with Gasteiger partial charge in [-0.25, -0.2) is 4.98 Å². The molecule has 9 heteroatoms. The summed E-state index contributed by atoms with van der Waals surface area (Å²) in [6.07, 6.45) is 0.824. The average Bonchev–Trinajstić information content (AvgIpc) is 3.39. The first-order valence-electron chi connectivity index (χ1n) is 12.4. The van der Waals surface area contributed by atoms with Crippen LogP contribution in [0.3, 0.4) is 0 Å². The van der Waals surface area contributed by atoms with E-state index in [1.807, 2.05) is 25.1 Å². The molecule has 0 radical (unpaired) electrons. The van der Waals surface area contributed by atoms with Crippen molar-refractivity contribution in [2.24, 2.45) is 5.41 Å². The van der Waals surface area contributed by atoms with Crippen molar-refractivity contribution in [3.8, 4) is 22.8 Å². The average molecular weight is 542 g/mol. The number of benzene rings is 2. The summed E-state index contributed by atoms with van der Waals surface area (Å²) in [5.41, 5.74) is 4.09. The second kappa shape index (κ2) is 9.98. The van der Waals surface area contributed by atoms with Gasteiger partial charge in [-0.15, -0.1) is 0 Å². The van der Waals surface area contributed by atoms with Crippen LogP contribution >= 0.6 is 11.6 Å². The molecule has 198 valence electrons. The Hall–Kier alpha value is -3.52. The standard InChI is InChI=1S/C29H27ClF3N3O2/c1-18-12-19(6-7-23(18)26(37)15-28(2)8-9-28)25-16-35-27-24(34-11-10-29(31,32)33)14-22(17-36(25)27)38-21-5-3-4-20(30)13-21/h3-7,12-14,16-17,34H,8-11,15H2,1-2H3. The normalized spacial score (nSPS) is 14.5. The molecule has 1 saturated carbocycles. The lowest BCUT2D eigenvalue weighted by Crippen LogP contribution is -2.15. The summed E-state index contributed by atoms with van der Waals surface area (Å²) in [6, 6.07) is 14.1. The lowest BCUT2D eigenvalue weighted by molar-refractivity contribution is -0.131. The molecule has 2 aromatic heterocycles. The molecule has 1 aliphatic rings. The van der Waals surface area contributed by atoms with Crippen LogP contribution in [0.2, 0.25) is 5.02 Å². The number of aromatic nitrogens is 2. The highest BCUT2D eigenvalue weighted by atomic mass is 35.5. The molecule has 2 heterocycles. The molecule has 0 atom stereocenters. The molecule has 0 unspecified atom stereocenters. The number of pyridine rings is 1. The number of ether oxygens (including phenoxy) is 1. The van der Waals surface area contributed by atoms with Gasteiger partial charge in [0.15, 0.2) is 11.4 Å². The van der Waals surface area contributed by atoms with Crippen molar-refractivity contribution in [1.82, 2.24) is 9.38 Å². The molecule has 5 rings (SSSR count). The molecule has 1 fully saturated rings. The fraction of sp³-hybridized carbons (Fsp3) is 0.310. The Balaban J connectivity index is 1.50. The van der Waals surface area contributed by atoms with E-state index in [2.05, 4.69) is 17.2 Å². The molecule has 0 spiro atoms. The van der Waals surface area contributed by atoms with Crippen molar-refractivity contribution in [3.63, 3.8) is 0 Å². The molecule has 1 aliphatic carbocycles. The van der Waals surface area contributed by atoms with Gasteiger partial charge in [0, 0.05) is 35.2 Å². The van der Waals surface area contributed by atoms with Gasteiger partial charge in [-0.3, -0.25) is 9.20 Å². The monoisotopic (exact) mass is 541 g/mol. The predicted octanol–water partition coefficient (Wildman–Crippen LogP) is 8.49. The number of hydrogen-bond acceptors (Lipinski definition) is 4. The van der Waals surface area contributed by atoms with Crippen LogP contribution < -0.4 is 10.1 Å². The molecular formula is C29H27ClF3N3O2. The third kappa shape index (κ3) is 5.96. The second-order valence-corrected chi connectivity index (χ2v) is 10.7. The minimum absolute atomic E-state index is 0.124. The van der Waals surface area contributed by atoms with Gasteiger partial charge in [0.2, 0.25) is 0 Å². The van der Waals surface area contributed by atoms with Gasteiger partial charge in [-0.2, -0.15) is 13.2 Å². The Labute approximate surface area is 223 Å². The summed E-state index contributed by atoms with van der Waals surface area (Å²) in [4.78, 5) is 17.3. The largest absolute Gasteiger partial charge is 0.456 e. The first kappa shape index (κ1) is 26.1. The van der Waals surface area contributed by atoms with Gasteiger partial charge in [-0.05, 0) is 55.0 Å². The first-order valence-corrected chi connectivity index (χ1v) is 12.8. The number of rotatable bonds is 9. The summed E-state index contributed by atoms with van der Waals surface area (Å²) in [6.45, 7) is 3.74. The van der Waals surface area contributed by atoms with Crippen LogP contribution in [0.1, 0.15) is 48.5 Å². The number of anilines is 1. The maximum atomic E-state index is 12.9. The number of alkyl halides is 3. The van der Waals surface area contributed by atoms with Crippen LogP contribution in [0.15, 0.2) is 60.9 Å². The van der Waals surface area contributed by atoms with Crippen LogP contribution in [0, 0.1) is 12.3 Å². The Bertz CT molecular complexity index is 1510. The lowest BCUT2D eigenvalue weighted by Gasteiger charge is -2.14. The first-order chi connectivity index (χ1) is 18.0. The highest BCUT2D eigenvalue weighted by Crippen LogP contribution is 2.48. The molecule has 0 saturated heterocycles. The topological polar surface area (TPSA) is 55.6 Å². The van der Waals surface area contributed by atoms with E-state index in [9.17, 15) is 18.0 Å². The molecule has 0 bridgehead atoms. The lowest BCUT2D eigenvalue weighted by atomic mass is 9.93. The fourth-order valence-electron chi connectivity index (χ4n) is 4.48. The van der Waals surface area contributed by atoms with Crippen LogP contribution in [0.25, 0.3) is 16.9 Å². The second-order valence-electron chi connectivity index (χ2n) is 10.2. The molecule has 4 aromatic rings. The molecule has 5 nitrogen and oxygen atoms in total. The van der Waals surface area contributed by atoms with E-state index in [4.69, 9.17) is 16.3 Å². The van der Waals surface area contributed by atoms with Crippen LogP contribution in [0.5, 0.6) is 11.5 Å². The number of carbonyl (C=O) groups excluding carboxylic acids is 1. The van der Waals surface area contributed by atoms with Crippen molar-refractivity contribution < 1.29 is 22.7 Å². The summed E-state index contributed by atoms with van der Waals surface area (Å²) in [7, 11) is 0. The van der Waals surface area contributed by atoms with E-state index in [1.54, 1.807) is 47.1 Å². The fourth-order valence-corrected chi connectivity index (χ4v) is 4.66. The number of ketones is 1. The zero-order chi connectivity index (χ0) is 27.1. The molecular weight excluding hydrogens is 515 g/mol. The van der Waals surface area contributed by atoms with Crippen LogP contribution in [-0.2, 0) is 0 Å². The number of nitrogens with one attached hydrogen (secondary N) is 1. The number of hydrogen-bond donors (Lipinski definition) is 1. The third-order valence-electron chi connectivity index (χ3n) is 6.85. The van der Waals surface area contributed by atoms with Crippen LogP contribution in [-0.4, -0.2) is 27.9 Å². The van der Waals surface area contributed by atoms with E-state index in [0.29, 0.717) is 45.5 Å². The number of Topliss-reactive ketones (excluding diaryl/α,β-unsaturated/α-hetero) is 1. The summed E-state index contributed by atoms with van der Waals surface area (Å²) < 4.78 is 46.2. The van der Waals surface area contributed by atoms with Gasteiger partial charge < -0.3 is 10.1 Å².